The van der Waals surface area contributed by atoms with Crippen molar-refractivity contribution < 1.29 is 14.2 Å². The Morgan fingerprint density at radius 2 is 1.44 bits per heavy atom. The fourth-order valence-electron chi connectivity index (χ4n) is 2.70. The van der Waals surface area contributed by atoms with E-state index in [0.717, 1.165) is 22.4 Å². The van der Waals surface area contributed by atoms with Crippen molar-refractivity contribution in [3.63, 3.8) is 0 Å². The molecule has 27 heavy (non-hydrogen) atoms. The summed E-state index contributed by atoms with van der Waals surface area (Å²) in [4.78, 5) is 0. The molecule has 0 spiro atoms. The summed E-state index contributed by atoms with van der Waals surface area (Å²) >= 11 is 0. The molecule has 148 valence electrons. The van der Waals surface area contributed by atoms with Crippen LogP contribution in [-0.4, -0.2) is 13.2 Å². The van der Waals surface area contributed by atoms with Crippen LogP contribution in [0.25, 0.3) is 0 Å². The van der Waals surface area contributed by atoms with Crippen LogP contribution in [-0.2, 0) is 16.1 Å². The van der Waals surface area contributed by atoms with Gasteiger partial charge in [-0.1, -0.05) is 64.1 Å². The Hall–Kier alpha value is -1.84. The summed E-state index contributed by atoms with van der Waals surface area (Å²) in [7, 11) is 0. The molecule has 0 unspecified atom stereocenters. The van der Waals surface area contributed by atoms with Gasteiger partial charge in [-0.25, -0.2) is 0 Å². The summed E-state index contributed by atoms with van der Waals surface area (Å²) in [6.07, 6.45) is -0.367. The second-order valence-electron chi connectivity index (χ2n) is 8.04. The van der Waals surface area contributed by atoms with Gasteiger partial charge in [0.1, 0.15) is 12.4 Å². The molecular weight excluding hydrogens is 336 g/mol. The third kappa shape index (κ3) is 7.00. The number of ether oxygens (including phenoxy) is 3. The lowest BCUT2D eigenvalue weighted by molar-refractivity contribution is -0.158. The molecule has 0 fully saturated rings. The molecule has 2 aromatic carbocycles. The standard InChI is InChI=1S/C24H34O3/c1-17(2)14-26-24(27-15-18(3)4)22-10-8-7-9-21(22)16-25-23-13-19(5)11-12-20(23)6/h7-13,17-18,24H,14-16H2,1-6H3. The quantitative estimate of drug-likeness (QED) is 0.464. The van der Waals surface area contributed by atoms with Crippen molar-refractivity contribution in [2.24, 2.45) is 11.8 Å². The van der Waals surface area contributed by atoms with E-state index in [1.807, 2.05) is 12.1 Å². The lowest BCUT2D eigenvalue weighted by Crippen LogP contribution is -2.17. The molecule has 0 bridgehead atoms. The summed E-state index contributed by atoms with van der Waals surface area (Å²) in [6.45, 7) is 14.6. The SMILES string of the molecule is Cc1ccc(C)c(OCc2ccccc2C(OCC(C)C)OCC(C)C)c1. The molecule has 0 N–H and O–H groups in total. The largest absolute Gasteiger partial charge is 0.489 e. The molecule has 0 atom stereocenters. The van der Waals surface area contributed by atoms with Crippen LogP contribution in [0.15, 0.2) is 42.5 Å². The maximum absolute atomic E-state index is 6.13. The van der Waals surface area contributed by atoms with Crippen LogP contribution < -0.4 is 4.74 Å². The van der Waals surface area contributed by atoms with Gasteiger partial charge in [0.05, 0.1) is 13.2 Å². The third-order valence-corrected chi connectivity index (χ3v) is 4.20. The van der Waals surface area contributed by atoms with Crippen LogP contribution in [0.1, 0.15) is 56.2 Å². The molecular formula is C24H34O3. The van der Waals surface area contributed by atoms with Crippen LogP contribution in [0, 0.1) is 25.7 Å². The van der Waals surface area contributed by atoms with Crippen molar-refractivity contribution in [3.8, 4) is 5.75 Å². The van der Waals surface area contributed by atoms with Gasteiger partial charge in [0.15, 0.2) is 6.29 Å². The van der Waals surface area contributed by atoms with Gasteiger partial charge in [-0.3, -0.25) is 0 Å². The van der Waals surface area contributed by atoms with Gasteiger partial charge in [0, 0.05) is 5.56 Å². The normalized spacial score (nSPS) is 11.6. The van der Waals surface area contributed by atoms with Gasteiger partial charge in [-0.05, 0) is 48.4 Å². The van der Waals surface area contributed by atoms with E-state index in [2.05, 4.69) is 71.9 Å². The molecule has 0 radical (unpaired) electrons. The second kappa shape index (κ2) is 10.5. The molecule has 2 aromatic rings. The zero-order valence-electron chi connectivity index (χ0n) is 17.6. The predicted octanol–water partition coefficient (Wildman–Crippen LogP) is 6.23. The second-order valence-corrected chi connectivity index (χ2v) is 8.04. The average molecular weight is 371 g/mol. The highest BCUT2D eigenvalue weighted by Gasteiger charge is 2.18. The zero-order chi connectivity index (χ0) is 19.8. The molecule has 2 rings (SSSR count). The Kier molecular flexibility index (Phi) is 8.33. The van der Waals surface area contributed by atoms with Crippen molar-refractivity contribution in [3.05, 3.63) is 64.7 Å². The highest BCUT2D eigenvalue weighted by molar-refractivity contribution is 5.36. The van der Waals surface area contributed by atoms with Gasteiger partial charge >= 0.3 is 0 Å². The predicted molar refractivity (Wildman–Crippen MR) is 111 cm³/mol. The van der Waals surface area contributed by atoms with Gasteiger partial charge in [-0.2, -0.15) is 0 Å². The van der Waals surface area contributed by atoms with Crippen LogP contribution in [0.4, 0.5) is 0 Å². The van der Waals surface area contributed by atoms with Crippen LogP contribution in [0.3, 0.4) is 0 Å². The number of aryl methyl sites for hydroxylation is 2. The molecule has 0 saturated heterocycles. The Morgan fingerprint density at radius 3 is 2.07 bits per heavy atom. The van der Waals surface area contributed by atoms with E-state index in [1.54, 1.807) is 0 Å². The smallest absolute Gasteiger partial charge is 0.184 e. The minimum atomic E-state index is -0.367. The van der Waals surface area contributed by atoms with Crippen molar-refractivity contribution in [1.29, 1.82) is 0 Å². The molecule has 0 amide bonds. The van der Waals surface area contributed by atoms with Crippen LogP contribution in [0.2, 0.25) is 0 Å². The lowest BCUT2D eigenvalue weighted by atomic mass is 10.1. The van der Waals surface area contributed by atoms with E-state index < -0.39 is 0 Å². The molecule has 0 aliphatic carbocycles. The van der Waals surface area contributed by atoms with Crippen LogP contribution >= 0.6 is 0 Å². The van der Waals surface area contributed by atoms with Crippen molar-refractivity contribution in [1.82, 2.24) is 0 Å². The molecule has 0 aliphatic heterocycles. The molecule has 0 aliphatic rings. The average Bonchev–Trinajstić information content (AvgIpc) is 2.62. The monoisotopic (exact) mass is 370 g/mol. The first-order valence-electron chi connectivity index (χ1n) is 9.88. The topological polar surface area (TPSA) is 27.7 Å². The van der Waals surface area contributed by atoms with Gasteiger partial charge < -0.3 is 14.2 Å². The van der Waals surface area contributed by atoms with Crippen LogP contribution in [0.5, 0.6) is 5.75 Å². The Morgan fingerprint density at radius 1 is 0.815 bits per heavy atom. The molecule has 0 aromatic heterocycles. The molecule has 3 nitrogen and oxygen atoms in total. The Bertz CT molecular complexity index is 695. The van der Waals surface area contributed by atoms with E-state index in [4.69, 9.17) is 14.2 Å². The lowest BCUT2D eigenvalue weighted by Gasteiger charge is -2.23. The summed E-state index contributed by atoms with van der Waals surface area (Å²) in [5.41, 5.74) is 4.48. The first kappa shape index (κ1) is 21.5. The third-order valence-electron chi connectivity index (χ3n) is 4.20. The fraction of sp³-hybridized carbons (Fsp3) is 0.500. The minimum Gasteiger partial charge on any atom is -0.489 e. The van der Waals surface area contributed by atoms with Crippen molar-refractivity contribution in [2.75, 3.05) is 13.2 Å². The molecule has 3 heteroatoms. The Balaban J connectivity index is 2.18. The van der Waals surface area contributed by atoms with Crippen molar-refractivity contribution >= 4 is 0 Å². The van der Waals surface area contributed by atoms with E-state index >= 15 is 0 Å². The highest BCUT2D eigenvalue weighted by Crippen LogP contribution is 2.27. The van der Waals surface area contributed by atoms with E-state index in [-0.39, 0.29) is 6.29 Å². The van der Waals surface area contributed by atoms with Gasteiger partial charge in [-0.15, -0.1) is 0 Å². The van der Waals surface area contributed by atoms with E-state index in [0.29, 0.717) is 31.7 Å². The van der Waals surface area contributed by atoms with Crippen molar-refractivity contribution in [2.45, 2.75) is 54.4 Å². The summed E-state index contributed by atoms with van der Waals surface area (Å²) in [5, 5.41) is 0. The summed E-state index contributed by atoms with van der Waals surface area (Å²) < 4.78 is 18.3. The van der Waals surface area contributed by atoms with E-state index in [9.17, 15) is 0 Å². The minimum absolute atomic E-state index is 0.367. The van der Waals surface area contributed by atoms with Gasteiger partial charge in [0.25, 0.3) is 0 Å². The van der Waals surface area contributed by atoms with E-state index in [1.165, 1.54) is 5.56 Å². The highest BCUT2D eigenvalue weighted by atomic mass is 16.7. The first-order chi connectivity index (χ1) is 12.9. The number of hydrogen-bond donors (Lipinski definition) is 0. The fourth-order valence-corrected chi connectivity index (χ4v) is 2.70. The maximum Gasteiger partial charge on any atom is 0.184 e. The number of rotatable bonds is 10. The molecule has 0 heterocycles. The summed E-state index contributed by atoms with van der Waals surface area (Å²) in [6, 6.07) is 14.5. The summed E-state index contributed by atoms with van der Waals surface area (Å²) in [5.74, 6) is 1.83. The number of hydrogen-bond acceptors (Lipinski definition) is 3. The zero-order valence-corrected chi connectivity index (χ0v) is 17.6. The first-order valence-corrected chi connectivity index (χ1v) is 9.88. The number of benzene rings is 2. The maximum atomic E-state index is 6.13. The molecule has 0 saturated carbocycles. The Labute approximate surface area is 164 Å². The van der Waals surface area contributed by atoms with Gasteiger partial charge in [0.2, 0.25) is 0 Å².